The van der Waals surface area contributed by atoms with Crippen LogP contribution < -0.4 is 4.90 Å². The molecule has 1 heterocycles. The summed E-state index contributed by atoms with van der Waals surface area (Å²) in [6.45, 7) is 0.658. The summed E-state index contributed by atoms with van der Waals surface area (Å²) in [6, 6.07) is 7.57. The van der Waals surface area contributed by atoms with Gasteiger partial charge in [-0.2, -0.15) is 10.5 Å². The Morgan fingerprint density at radius 1 is 1.50 bits per heavy atom. The van der Waals surface area contributed by atoms with E-state index in [4.69, 9.17) is 10.5 Å². The van der Waals surface area contributed by atoms with Crippen LogP contribution in [0.25, 0.3) is 0 Å². The normalized spacial score (nSPS) is 8.79. The molecule has 0 fully saturated rings. The first-order chi connectivity index (χ1) is 6.77. The fraction of sp³-hybridized carbons (Fsp3) is 0.300. The lowest BCUT2D eigenvalue weighted by Gasteiger charge is -2.17. The van der Waals surface area contributed by atoms with Crippen LogP contribution in [0.4, 0.5) is 5.69 Å². The fourth-order valence-electron chi connectivity index (χ4n) is 1.06. The Labute approximate surface area is 83.0 Å². The van der Waals surface area contributed by atoms with Crippen molar-refractivity contribution in [1.29, 1.82) is 10.5 Å². The van der Waals surface area contributed by atoms with E-state index in [0.29, 0.717) is 18.7 Å². The molecule has 0 saturated heterocycles. The smallest absolute Gasteiger partial charge is 0.142 e. The van der Waals surface area contributed by atoms with Crippen LogP contribution in [0.5, 0.6) is 0 Å². The summed E-state index contributed by atoms with van der Waals surface area (Å²) in [7, 11) is 1.88. The molecule has 0 aliphatic heterocycles. The molecule has 0 aromatic carbocycles. The van der Waals surface area contributed by atoms with Gasteiger partial charge < -0.3 is 4.90 Å². The molecule has 0 amide bonds. The molecule has 0 unspecified atom stereocenters. The predicted molar refractivity (Wildman–Crippen MR) is 52.5 cm³/mol. The van der Waals surface area contributed by atoms with E-state index in [9.17, 15) is 0 Å². The molecular weight excluding hydrogens is 176 g/mol. The van der Waals surface area contributed by atoms with E-state index in [2.05, 4.69) is 11.1 Å². The summed E-state index contributed by atoms with van der Waals surface area (Å²) in [5, 5.41) is 17.1. The van der Waals surface area contributed by atoms with Crippen molar-refractivity contribution in [2.45, 2.75) is 6.42 Å². The Balaban J connectivity index is 2.76. The molecule has 0 radical (unpaired) electrons. The van der Waals surface area contributed by atoms with Crippen LogP contribution in [0, 0.1) is 22.7 Å². The summed E-state index contributed by atoms with van der Waals surface area (Å²) in [5.41, 5.74) is 1.30. The number of pyridine rings is 1. The van der Waals surface area contributed by atoms with Crippen LogP contribution in [-0.4, -0.2) is 18.6 Å². The number of nitriles is 2. The average molecular weight is 186 g/mol. The van der Waals surface area contributed by atoms with Gasteiger partial charge in [0.2, 0.25) is 0 Å². The van der Waals surface area contributed by atoms with Crippen molar-refractivity contribution >= 4 is 5.69 Å². The molecule has 1 aromatic rings. The molecule has 1 rings (SSSR count). The van der Waals surface area contributed by atoms with E-state index in [1.165, 1.54) is 0 Å². The third-order valence-electron chi connectivity index (χ3n) is 1.86. The third-order valence-corrected chi connectivity index (χ3v) is 1.86. The highest BCUT2D eigenvalue weighted by atomic mass is 15.1. The second kappa shape index (κ2) is 4.84. The number of rotatable bonds is 3. The maximum Gasteiger partial charge on any atom is 0.142 e. The molecule has 4 nitrogen and oxygen atoms in total. The first-order valence-corrected chi connectivity index (χ1v) is 4.22. The number of anilines is 1. The third kappa shape index (κ3) is 2.46. The number of aromatic nitrogens is 1. The number of hydrogen-bond donors (Lipinski definition) is 0. The highest BCUT2D eigenvalue weighted by Crippen LogP contribution is 2.12. The van der Waals surface area contributed by atoms with E-state index >= 15 is 0 Å². The Morgan fingerprint density at radius 2 is 2.29 bits per heavy atom. The van der Waals surface area contributed by atoms with Crippen molar-refractivity contribution in [3.05, 3.63) is 24.0 Å². The lowest BCUT2D eigenvalue weighted by molar-refractivity contribution is 0.903. The quantitative estimate of drug-likeness (QED) is 0.713. The Morgan fingerprint density at radius 3 is 2.93 bits per heavy atom. The van der Waals surface area contributed by atoms with Gasteiger partial charge in [-0.05, 0) is 12.1 Å². The van der Waals surface area contributed by atoms with Crippen LogP contribution in [0.15, 0.2) is 18.3 Å². The topological polar surface area (TPSA) is 63.7 Å². The second-order valence-electron chi connectivity index (χ2n) is 2.84. The van der Waals surface area contributed by atoms with Gasteiger partial charge in [0.15, 0.2) is 0 Å². The van der Waals surface area contributed by atoms with Crippen LogP contribution >= 0.6 is 0 Å². The minimum atomic E-state index is 0.395. The van der Waals surface area contributed by atoms with Gasteiger partial charge in [0.1, 0.15) is 11.8 Å². The Kier molecular flexibility index (Phi) is 3.46. The highest BCUT2D eigenvalue weighted by molar-refractivity contribution is 5.47. The lowest BCUT2D eigenvalue weighted by atomic mass is 10.3. The summed E-state index contributed by atoms with van der Waals surface area (Å²) in [4.78, 5) is 5.79. The van der Waals surface area contributed by atoms with Gasteiger partial charge in [0.25, 0.3) is 0 Å². The first-order valence-electron chi connectivity index (χ1n) is 4.22. The van der Waals surface area contributed by atoms with Crippen molar-refractivity contribution in [3.8, 4) is 12.1 Å². The first kappa shape index (κ1) is 10.0. The molecular formula is C10H10N4. The molecule has 4 heteroatoms. The van der Waals surface area contributed by atoms with Gasteiger partial charge in [-0.1, -0.05) is 0 Å². The molecule has 0 spiro atoms. The standard InChI is InChI=1S/C10H10N4/c1-14(6-2-4-11)10-3-5-13-9(7-10)8-12/h3,5,7H,2,6H2,1H3. The van der Waals surface area contributed by atoms with E-state index in [1.54, 1.807) is 12.3 Å². The largest absolute Gasteiger partial charge is 0.373 e. The summed E-state index contributed by atoms with van der Waals surface area (Å²) < 4.78 is 0. The minimum Gasteiger partial charge on any atom is -0.373 e. The van der Waals surface area contributed by atoms with Crippen molar-refractivity contribution in [3.63, 3.8) is 0 Å². The van der Waals surface area contributed by atoms with Crippen LogP contribution in [-0.2, 0) is 0 Å². The summed E-state index contributed by atoms with van der Waals surface area (Å²) >= 11 is 0. The average Bonchev–Trinajstić information content (AvgIpc) is 2.26. The van der Waals surface area contributed by atoms with Crippen molar-refractivity contribution in [1.82, 2.24) is 4.98 Å². The van der Waals surface area contributed by atoms with Gasteiger partial charge in [-0.3, -0.25) is 0 Å². The van der Waals surface area contributed by atoms with Gasteiger partial charge >= 0.3 is 0 Å². The number of nitrogens with zero attached hydrogens (tertiary/aromatic N) is 4. The van der Waals surface area contributed by atoms with E-state index in [-0.39, 0.29) is 0 Å². The van der Waals surface area contributed by atoms with E-state index in [1.807, 2.05) is 24.1 Å². The molecule has 0 N–H and O–H groups in total. The maximum absolute atomic E-state index is 8.64. The van der Waals surface area contributed by atoms with Crippen LogP contribution in [0.1, 0.15) is 12.1 Å². The molecule has 0 atom stereocenters. The van der Waals surface area contributed by atoms with E-state index < -0.39 is 0 Å². The highest BCUT2D eigenvalue weighted by Gasteiger charge is 2.01. The van der Waals surface area contributed by atoms with Gasteiger partial charge in [0.05, 0.1) is 12.5 Å². The lowest BCUT2D eigenvalue weighted by Crippen LogP contribution is -2.18. The van der Waals surface area contributed by atoms with E-state index in [0.717, 1.165) is 5.69 Å². The zero-order valence-electron chi connectivity index (χ0n) is 7.94. The van der Waals surface area contributed by atoms with Crippen LogP contribution in [0.2, 0.25) is 0 Å². The summed E-state index contributed by atoms with van der Waals surface area (Å²) in [5.74, 6) is 0. The fourth-order valence-corrected chi connectivity index (χ4v) is 1.06. The van der Waals surface area contributed by atoms with Gasteiger partial charge in [-0.15, -0.1) is 0 Å². The summed E-state index contributed by atoms with van der Waals surface area (Å²) in [6.07, 6.45) is 2.07. The SMILES string of the molecule is CN(CCC#N)c1ccnc(C#N)c1. The molecule has 1 aromatic heterocycles. The number of hydrogen-bond acceptors (Lipinski definition) is 4. The van der Waals surface area contributed by atoms with Crippen molar-refractivity contribution in [2.24, 2.45) is 0 Å². The molecule has 0 bridgehead atoms. The monoisotopic (exact) mass is 186 g/mol. The van der Waals surface area contributed by atoms with Crippen LogP contribution in [0.3, 0.4) is 0 Å². The second-order valence-corrected chi connectivity index (χ2v) is 2.84. The zero-order chi connectivity index (χ0) is 10.4. The predicted octanol–water partition coefficient (Wildman–Crippen LogP) is 1.30. The molecule has 70 valence electrons. The Hall–Kier alpha value is -2.07. The van der Waals surface area contributed by atoms with Crippen molar-refractivity contribution < 1.29 is 0 Å². The zero-order valence-corrected chi connectivity index (χ0v) is 7.94. The maximum atomic E-state index is 8.64. The Bertz CT molecular complexity index is 386. The molecule has 0 aliphatic rings. The van der Waals surface area contributed by atoms with Crippen molar-refractivity contribution in [2.75, 3.05) is 18.5 Å². The molecule has 0 aliphatic carbocycles. The van der Waals surface area contributed by atoms with Gasteiger partial charge in [-0.25, -0.2) is 4.98 Å². The minimum absolute atomic E-state index is 0.395. The van der Waals surface area contributed by atoms with Gasteiger partial charge in [0, 0.05) is 25.5 Å². The molecule has 14 heavy (non-hydrogen) atoms. The molecule has 0 saturated carbocycles.